The Hall–Kier alpha value is -0.990. The van der Waals surface area contributed by atoms with E-state index in [1.54, 1.807) is 10.9 Å². The predicted octanol–water partition coefficient (Wildman–Crippen LogP) is -0.558. The first-order valence-corrected chi connectivity index (χ1v) is 7.79. The van der Waals surface area contributed by atoms with E-state index in [1.807, 2.05) is 0 Å². The number of hydrogen-bond donors (Lipinski definition) is 1. The van der Waals surface area contributed by atoms with Gasteiger partial charge in [-0.1, -0.05) is 5.21 Å². The highest BCUT2D eigenvalue weighted by Gasteiger charge is 2.26. The fourth-order valence-corrected chi connectivity index (χ4v) is 3.18. The third-order valence-corrected chi connectivity index (χ3v) is 4.41. The van der Waals surface area contributed by atoms with Crippen LogP contribution in [0.5, 0.6) is 0 Å². The lowest BCUT2D eigenvalue weighted by atomic mass is 10.00. The Labute approximate surface area is 106 Å². The Balaban J connectivity index is 1.97. The van der Waals surface area contributed by atoms with E-state index >= 15 is 0 Å². The van der Waals surface area contributed by atoms with Crippen LogP contribution in [0.15, 0.2) is 6.20 Å². The standard InChI is InChI=1S/C10H18N4O3S/c1-18(16,17)14-4-2-3-9(6-14)5-13-7-10(8-15)11-12-13/h7,9,15H,2-6,8H2,1H3. The summed E-state index contributed by atoms with van der Waals surface area (Å²) >= 11 is 0. The van der Waals surface area contributed by atoms with E-state index in [1.165, 1.54) is 10.6 Å². The summed E-state index contributed by atoms with van der Waals surface area (Å²) in [6.45, 7) is 1.65. The highest BCUT2D eigenvalue weighted by molar-refractivity contribution is 7.88. The molecule has 1 aliphatic heterocycles. The molecule has 0 radical (unpaired) electrons. The van der Waals surface area contributed by atoms with Gasteiger partial charge in [-0.05, 0) is 18.8 Å². The largest absolute Gasteiger partial charge is 0.390 e. The third-order valence-electron chi connectivity index (χ3n) is 3.14. The quantitative estimate of drug-likeness (QED) is 0.795. The number of sulfonamides is 1. The van der Waals surface area contributed by atoms with Crippen LogP contribution in [0.1, 0.15) is 18.5 Å². The third kappa shape index (κ3) is 3.27. The minimum absolute atomic E-state index is 0.125. The van der Waals surface area contributed by atoms with Gasteiger partial charge in [-0.25, -0.2) is 12.7 Å². The second kappa shape index (κ2) is 5.33. The second-order valence-electron chi connectivity index (χ2n) is 4.72. The van der Waals surface area contributed by atoms with Crippen LogP contribution in [0, 0.1) is 5.92 Å². The van der Waals surface area contributed by atoms with Crippen LogP contribution in [0.3, 0.4) is 0 Å². The Bertz CT molecular complexity index is 499. The average Bonchev–Trinajstić information content (AvgIpc) is 2.76. The molecule has 0 saturated carbocycles. The number of aromatic nitrogens is 3. The van der Waals surface area contributed by atoms with E-state index in [4.69, 9.17) is 5.11 Å². The fourth-order valence-electron chi connectivity index (χ4n) is 2.24. The van der Waals surface area contributed by atoms with Crippen LogP contribution >= 0.6 is 0 Å². The zero-order valence-corrected chi connectivity index (χ0v) is 11.2. The molecule has 0 spiro atoms. The summed E-state index contributed by atoms with van der Waals surface area (Å²) < 4.78 is 26.2. The summed E-state index contributed by atoms with van der Waals surface area (Å²) in [5.74, 6) is 0.252. The first kappa shape index (κ1) is 13.4. The summed E-state index contributed by atoms with van der Waals surface area (Å²) in [5.41, 5.74) is 0.533. The molecule has 1 N–H and O–H groups in total. The molecule has 1 saturated heterocycles. The number of aliphatic hydroxyl groups is 1. The van der Waals surface area contributed by atoms with Gasteiger partial charge in [0, 0.05) is 19.6 Å². The fraction of sp³-hybridized carbons (Fsp3) is 0.800. The van der Waals surface area contributed by atoms with E-state index < -0.39 is 10.0 Å². The Morgan fingerprint density at radius 3 is 2.94 bits per heavy atom. The summed E-state index contributed by atoms with van der Waals surface area (Å²) in [5, 5.41) is 16.6. The van der Waals surface area contributed by atoms with Gasteiger partial charge in [0.1, 0.15) is 5.69 Å². The maximum absolute atomic E-state index is 11.5. The van der Waals surface area contributed by atoms with Crippen molar-refractivity contribution in [3.05, 3.63) is 11.9 Å². The molecule has 18 heavy (non-hydrogen) atoms. The molecule has 1 unspecified atom stereocenters. The van der Waals surface area contributed by atoms with Crippen LogP contribution in [0.2, 0.25) is 0 Å². The lowest BCUT2D eigenvalue weighted by Gasteiger charge is -2.30. The van der Waals surface area contributed by atoms with Crippen molar-refractivity contribution in [3.8, 4) is 0 Å². The van der Waals surface area contributed by atoms with Gasteiger partial charge < -0.3 is 5.11 Å². The highest BCUT2D eigenvalue weighted by atomic mass is 32.2. The van der Waals surface area contributed by atoms with Gasteiger partial charge in [-0.3, -0.25) is 4.68 Å². The normalized spacial score (nSPS) is 22.2. The van der Waals surface area contributed by atoms with Crippen LogP contribution < -0.4 is 0 Å². The van der Waals surface area contributed by atoms with Crippen LogP contribution in [-0.2, 0) is 23.2 Å². The van der Waals surface area contributed by atoms with E-state index in [0.717, 1.165) is 12.8 Å². The number of rotatable bonds is 4. The zero-order valence-electron chi connectivity index (χ0n) is 10.4. The van der Waals surface area contributed by atoms with Gasteiger partial charge in [-0.2, -0.15) is 0 Å². The van der Waals surface area contributed by atoms with Crippen LogP contribution in [0.4, 0.5) is 0 Å². The highest BCUT2D eigenvalue weighted by Crippen LogP contribution is 2.19. The monoisotopic (exact) mass is 274 g/mol. The van der Waals surface area contributed by atoms with Gasteiger partial charge in [0.2, 0.25) is 10.0 Å². The summed E-state index contributed by atoms with van der Waals surface area (Å²) in [6.07, 6.45) is 4.80. The predicted molar refractivity (Wildman–Crippen MR) is 65.1 cm³/mol. The van der Waals surface area contributed by atoms with Gasteiger partial charge in [0.25, 0.3) is 0 Å². The Morgan fingerprint density at radius 1 is 1.56 bits per heavy atom. The summed E-state index contributed by atoms with van der Waals surface area (Å²) in [6, 6.07) is 0. The lowest BCUT2D eigenvalue weighted by molar-refractivity contribution is 0.239. The summed E-state index contributed by atoms with van der Waals surface area (Å²) in [4.78, 5) is 0. The van der Waals surface area contributed by atoms with E-state index in [-0.39, 0.29) is 12.5 Å². The van der Waals surface area contributed by atoms with Crippen molar-refractivity contribution >= 4 is 10.0 Å². The topological polar surface area (TPSA) is 88.3 Å². The minimum atomic E-state index is -3.10. The molecule has 1 fully saturated rings. The summed E-state index contributed by atoms with van der Waals surface area (Å²) in [7, 11) is -3.10. The lowest BCUT2D eigenvalue weighted by Crippen LogP contribution is -2.40. The number of hydrogen-bond acceptors (Lipinski definition) is 5. The van der Waals surface area contributed by atoms with Crippen LogP contribution in [0.25, 0.3) is 0 Å². The molecular formula is C10H18N4O3S. The van der Waals surface area contributed by atoms with Gasteiger partial charge in [0.15, 0.2) is 0 Å². The van der Waals surface area contributed by atoms with Crippen molar-refractivity contribution in [2.75, 3.05) is 19.3 Å². The minimum Gasteiger partial charge on any atom is -0.390 e. The maximum Gasteiger partial charge on any atom is 0.211 e. The molecule has 1 aliphatic rings. The van der Waals surface area contributed by atoms with Crippen molar-refractivity contribution in [1.29, 1.82) is 0 Å². The first-order valence-electron chi connectivity index (χ1n) is 5.94. The number of aliphatic hydroxyl groups excluding tert-OH is 1. The van der Waals surface area contributed by atoms with Gasteiger partial charge >= 0.3 is 0 Å². The molecule has 8 heteroatoms. The van der Waals surface area contributed by atoms with E-state index in [9.17, 15) is 8.42 Å². The molecule has 0 aliphatic carbocycles. The van der Waals surface area contributed by atoms with E-state index in [0.29, 0.717) is 25.3 Å². The van der Waals surface area contributed by atoms with Crippen molar-refractivity contribution in [3.63, 3.8) is 0 Å². The zero-order chi connectivity index (χ0) is 13.2. The smallest absolute Gasteiger partial charge is 0.211 e. The molecule has 0 aromatic carbocycles. The van der Waals surface area contributed by atoms with Crippen LogP contribution in [-0.4, -0.2) is 52.2 Å². The van der Waals surface area contributed by atoms with E-state index in [2.05, 4.69) is 10.3 Å². The van der Waals surface area contributed by atoms with Crippen molar-refractivity contribution in [2.45, 2.75) is 26.0 Å². The molecule has 102 valence electrons. The molecule has 2 heterocycles. The molecule has 1 atom stereocenters. The van der Waals surface area contributed by atoms with Gasteiger partial charge in [-0.15, -0.1) is 5.10 Å². The SMILES string of the molecule is CS(=O)(=O)N1CCCC(Cn2cc(CO)nn2)C1. The molecule has 0 amide bonds. The van der Waals surface area contributed by atoms with Crippen molar-refractivity contribution in [1.82, 2.24) is 19.3 Å². The molecule has 7 nitrogen and oxygen atoms in total. The molecule has 0 bridgehead atoms. The average molecular weight is 274 g/mol. The maximum atomic E-state index is 11.5. The van der Waals surface area contributed by atoms with Crippen molar-refractivity contribution in [2.24, 2.45) is 5.92 Å². The molecular weight excluding hydrogens is 256 g/mol. The second-order valence-corrected chi connectivity index (χ2v) is 6.70. The first-order chi connectivity index (χ1) is 8.49. The molecule has 1 aromatic heterocycles. The Kier molecular flexibility index (Phi) is 3.98. The van der Waals surface area contributed by atoms with Crippen molar-refractivity contribution < 1.29 is 13.5 Å². The number of piperidine rings is 1. The van der Waals surface area contributed by atoms with Gasteiger partial charge in [0.05, 0.1) is 19.1 Å². The number of nitrogens with zero attached hydrogens (tertiary/aromatic N) is 4. The Morgan fingerprint density at radius 2 is 2.33 bits per heavy atom. The molecule has 1 aromatic rings. The molecule has 2 rings (SSSR count).